The first-order valence-corrected chi connectivity index (χ1v) is 9.59. The van der Waals surface area contributed by atoms with E-state index in [-0.39, 0.29) is 18.1 Å². The Morgan fingerprint density at radius 2 is 2.18 bits per heavy atom. The number of hydrogen-bond acceptors (Lipinski definition) is 7. The van der Waals surface area contributed by atoms with Crippen LogP contribution in [0.4, 0.5) is 11.4 Å². The predicted molar refractivity (Wildman–Crippen MR) is 112 cm³/mol. The number of carbonyl (C=O) groups is 1. The van der Waals surface area contributed by atoms with Crippen LogP contribution in [0.2, 0.25) is 0 Å². The predicted octanol–water partition coefficient (Wildman–Crippen LogP) is 0.726. The zero-order valence-electron chi connectivity index (χ0n) is 17.5. The van der Waals surface area contributed by atoms with Gasteiger partial charge in [-0.15, -0.1) is 0 Å². The second-order valence-electron chi connectivity index (χ2n) is 6.88. The van der Waals surface area contributed by atoms with Gasteiger partial charge in [0, 0.05) is 39.4 Å². The third-order valence-corrected chi connectivity index (χ3v) is 4.59. The standard InChI is InChI=1S/C20H31N5O3/c1-6-28-20(27)16(14-23(3)11-9-21-2)22-25(5)18-12-15-8-7-10-24(4)17(15)13-19(18)26/h9,11-13,21,26H,6-8,10,14H2,1-5H3/p+1/b11-9-,22-16-. The zero-order chi connectivity index (χ0) is 20.7. The van der Waals surface area contributed by atoms with Gasteiger partial charge >= 0.3 is 5.97 Å². The van der Waals surface area contributed by atoms with Crippen LogP contribution in [0.15, 0.2) is 29.6 Å². The highest BCUT2D eigenvalue weighted by molar-refractivity contribution is 6.37. The molecule has 1 aromatic carbocycles. The van der Waals surface area contributed by atoms with Crippen molar-refractivity contribution in [2.24, 2.45) is 5.10 Å². The first-order chi connectivity index (χ1) is 13.4. The van der Waals surface area contributed by atoms with Gasteiger partial charge in [-0.2, -0.15) is 5.10 Å². The van der Waals surface area contributed by atoms with Crippen molar-refractivity contribution < 1.29 is 20.0 Å². The molecule has 8 heteroatoms. The summed E-state index contributed by atoms with van der Waals surface area (Å²) in [5.74, 6) is -0.331. The monoisotopic (exact) mass is 390 g/mol. The molecular weight excluding hydrogens is 358 g/mol. The molecule has 1 aromatic rings. The van der Waals surface area contributed by atoms with E-state index in [1.807, 2.05) is 49.8 Å². The highest BCUT2D eigenvalue weighted by Gasteiger charge is 2.20. The molecule has 0 atom stereocenters. The lowest BCUT2D eigenvalue weighted by molar-refractivity contribution is -0.557. The largest absolute Gasteiger partial charge is 0.506 e. The number of quaternary nitrogens is 1. The van der Waals surface area contributed by atoms with Crippen LogP contribution in [-0.4, -0.2) is 69.6 Å². The third-order valence-electron chi connectivity index (χ3n) is 4.59. The zero-order valence-corrected chi connectivity index (χ0v) is 17.5. The normalized spacial score (nSPS) is 14.2. The lowest BCUT2D eigenvalue weighted by Crippen LogP contribution is -2.72. The number of benzene rings is 1. The summed E-state index contributed by atoms with van der Waals surface area (Å²) in [6.07, 6.45) is 5.77. The Bertz CT molecular complexity index is 748. The molecular formula is C20H32N5O3+. The Balaban J connectivity index is 2.31. The van der Waals surface area contributed by atoms with Crippen molar-refractivity contribution in [3.8, 4) is 5.75 Å². The van der Waals surface area contributed by atoms with E-state index in [0.717, 1.165) is 25.1 Å². The van der Waals surface area contributed by atoms with Crippen LogP contribution in [0.3, 0.4) is 0 Å². The molecule has 0 bridgehead atoms. The molecule has 1 aliphatic rings. The number of nitrogens with two attached hydrogens (primary N) is 1. The molecule has 154 valence electrons. The van der Waals surface area contributed by atoms with E-state index < -0.39 is 5.97 Å². The second-order valence-corrected chi connectivity index (χ2v) is 6.88. The van der Waals surface area contributed by atoms with Gasteiger partial charge in [0.05, 0.1) is 26.4 Å². The van der Waals surface area contributed by atoms with Gasteiger partial charge in [0.2, 0.25) is 0 Å². The van der Waals surface area contributed by atoms with Gasteiger partial charge in [-0.1, -0.05) is 0 Å². The molecule has 0 fully saturated rings. The molecule has 0 aliphatic carbocycles. The van der Waals surface area contributed by atoms with Crippen LogP contribution in [-0.2, 0) is 16.0 Å². The first kappa shape index (κ1) is 21.6. The van der Waals surface area contributed by atoms with Crippen LogP contribution < -0.4 is 15.2 Å². The SMILES string of the molecule is CCOC(=O)/C(CN(C)/C=C\[NH2+]C)=N\N(C)c1cc2c(cc1O)N(C)CCC2. The Morgan fingerprint density at radius 1 is 1.43 bits per heavy atom. The van der Waals surface area contributed by atoms with Gasteiger partial charge in [-0.3, -0.25) is 5.01 Å². The highest BCUT2D eigenvalue weighted by atomic mass is 16.5. The number of nitrogens with zero attached hydrogens (tertiary/aromatic N) is 4. The summed E-state index contributed by atoms with van der Waals surface area (Å²) in [4.78, 5) is 16.4. The van der Waals surface area contributed by atoms with E-state index >= 15 is 0 Å². The number of anilines is 2. The first-order valence-electron chi connectivity index (χ1n) is 9.59. The molecule has 1 aliphatic heterocycles. The number of carbonyl (C=O) groups excluding carboxylic acids is 1. The average molecular weight is 391 g/mol. The topological polar surface area (TPSA) is 85.2 Å². The minimum atomic E-state index is -0.465. The summed E-state index contributed by atoms with van der Waals surface area (Å²) >= 11 is 0. The number of ether oxygens (including phenoxy) is 1. The minimum Gasteiger partial charge on any atom is -0.506 e. The van der Waals surface area contributed by atoms with Crippen molar-refractivity contribution in [2.45, 2.75) is 19.8 Å². The van der Waals surface area contributed by atoms with Crippen LogP contribution in [0, 0.1) is 0 Å². The fourth-order valence-electron chi connectivity index (χ4n) is 3.16. The Hall–Kier alpha value is -2.74. The van der Waals surface area contributed by atoms with Crippen LogP contribution in [0.25, 0.3) is 0 Å². The van der Waals surface area contributed by atoms with Crippen molar-refractivity contribution in [3.05, 3.63) is 30.1 Å². The summed E-state index contributed by atoms with van der Waals surface area (Å²) in [5, 5.41) is 18.4. The van der Waals surface area contributed by atoms with Gasteiger partial charge in [0.25, 0.3) is 0 Å². The lowest BCUT2D eigenvalue weighted by atomic mass is 10.0. The average Bonchev–Trinajstić information content (AvgIpc) is 2.66. The van der Waals surface area contributed by atoms with Gasteiger partial charge in [-0.25, -0.2) is 4.79 Å². The molecule has 0 amide bonds. The van der Waals surface area contributed by atoms with Gasteiger partial charge in [0.1, 0.15) is 17.6 Å². The smallest absolute Gasteiger partial charge is 0.356 e. The molecule has 0 unspecified atom stereocenters. The number of phenolic OH excluding ortho intramolecular Hbond substituents is 1. The Kier molecular flexibility index (Phi) is 7.69. The maximum atomic E-state index is 12.4. The highest BCUT2D eigenvalue weighted by Crippen LogP contribution is 2.37. The summed E-state index contributed by atoms with van der Waals surface area (Å²) in [5.41, 5.74) is 3.04. The molecule has 28 heavy (non-hydrogen) atoms. The quantitative estimate of drug-likeness (QED) is 0.387. The summed E-state index contributed by atoms with van der Waals surface area (Å²) in [7, 11) is 7.54. The van der Waals surface area contributed by atoms with Crippen molar-refractivity contribution >= 4 is 23.1 Å². The van der Waals surface area contributed by atoms with E-state index in [2.05, 4.69) is 10.0 Å². The molecule has 3 N–H and O–H groups in total. The molecule has 1 heterocycles. The molecule has 0 saturated carbocycles. The second kappa shape index (κ2) is 9.98. The number of phenols is 1. The van der Waals surface area contributed by atoms with E-state index in [1.165, 1.54) is 5.56 Å². The van der Waals surface area contributed by atoms with Gasteiger partial charge < -0.3 is 25.0 Å². The number of hydrogen-bond donors (Lipinski definition) is 2. The van der Waals surface area contributed by atoms with Gasteiger partial charge in [0.15, 0.2) is 5.71 Å². The summed E-state index contributed by atoms with van der Waals surface area (Å²) < 4.78 is 5.16. The molecule has 0 saturated heterocycles. The van der Waals surface area contributed by atoms with E-state index in [0.29, 0.717) is 12.2 Å². The van der Waals surface area contributed by atoms with Crippen molar-refractivity contribution in [1.82, 2.24) is 4.90 Å². The van der Waals surface area contributed by atoms with E-state index in [4.69, 9.17) is 4.74 Å². The van der Waals surface area contributed by atoms with E-state index in [1.54, 1.807) is 25.0 Å². The van der Waals surface area contributed by atoms with Crippen LogP contribution in [0.5, 0.6) is 5.75 Å². The molecule has 0 aromatic heterocycles. The Labute approximate surface area is 167 Å². The van der Waals surface area contributed by atoms with Crippen molar-refractivity contribution in [3.63, 3.8) is 0 Å². The maximum Gasteiger partial charge on any atom is 0.356 e. The summed E-state index contributed by atoms with van der Waals surface area (Å²) in [6, 6.07) is 3.72. The summed E-state index contributed by atoms with van der Waals surface area (Å²) in [6.45, 7) is 3.31. The number of fused-ring (bicyclic) bond motifs is 1. The van der Waals surface area contributed by atoms with Gasteiger partial charge in [-0.05, 0) is 31.4 Å². The number of aromatic hydroxyl groups is 1. The number of aryl methyl sites for hydroxylation is 1. The van der Waals surface area contributed by atoms with Crippen LogP contribution in [0.1, 0.15) is 18.9 Å². The molecule has 0 spiro atoms. The van der Waals surface area contributed by atoms with Crippen molar-refractivity contribution in [2.75, 3.05) is 57.8 Å². The minimum absolute atomic E-state index is 0.135. The third kappa shape index (κ3) is 5.39. The van der Waals surface area contributed by atoms with Crippen LogP contribution >= 0.6 is 0 Å². The molecule has 8 nitrogen and oxygen atoms in total. The number of hydrazone groups is 1. The number of rotatable bonds is 8. The molecule has 2 rings (SSSR count). The fourth-order valence-corrected chi connectivity index (χ4v) is 3.16. The molecule has 0 radical (unpaired) electrons. The van der Waals surface area contributed by atoms with Crippen molar-refractivity contribution in [1.29, 1.82) is 0 Å². The number of esters is 1. The lowest BCUT2D eigenvalue weighted by Gasteiger charge is -2.29. The fraction of sp³-hybridized carbons (Fsp3) is 0.500. The Morgan fingerprint density at radius 3 is 2.86 bits per heavy atom. The van der Waals surface area contributed by atoms with E-state index in [9.17, 15) is 9.90 Å². The maximum absolute atomic E-state index is 12.4.